The number of nitriles is 2. The maximum atomic E-state index is 10.8. The zero-order valence-electron chi connectivity index (χ0n) is 6.97. The Kier molecular flexibility index (Phi) is 5.00. The van der Waals surface area contributed by atoms with Gasteiger partial charge in [-0.25, -0.2) is 5.14 Å². The van der Waals surface area contributed by atoms with Crippen molar-refractivity contribution in [1.29, 1.82) is 10.5 Å². The Morgan fingerprint density at radius 3 is 1.77 bits per heavy atom. The lowest BCUT2D eigenvalue weighted by Gasteiger charge is -2.15. The first-order valence-corrected chi connectivity index (χ1v) is 5.04. The Balaban J connectivity index is 4.24. The van der Waals surface area contributed by atoms with Crippen molar-refractivity contribution in [3.8, 4) is 12.1 Å². The zero-order chi connectivity index (χ0) is 10.3. The number of nitrogens with zero attached hydrogens (tertiary/aromatic N) is 3. The van der Waals surface area contributed by atoms with Crippen LogP contribution >= 0.6 is 0 Å². The molecule has 0 rings (SSSR count). The molecule has 0 spiro atoms. The molecule has 0 unspecified atom stereocenters. The molecule has 0 aromatic carbocycles. The minimum Gasteiger partial charge on any atom is -0.216 e. The van der Waals surface area contributed by atoms with Gasteiger partial charge in [0.15, 0.2) is 0 Å². The van der Waals surface area contributed by atoms with Crippen molar-refractivity contribution in [2.45, 2.75) is 12.8 Å². The first-order valence-electron chi connectivity index (χ1n) is 3.54. The van der Waals surface area contributed by atoms with E-state index in [-0.39, 0.29) is 25.9 Å². The van der Waals surface area contributed by atoms with E-state index in [0.29, 0.717) is 0 Å². The summed E-state index contributed by atoms with van der Waals surface area (Å²) in [5, 5.41) is 21.3. The monoisotopic (exact) mass is 202 g/mol. The molecule has 6 nitrogen and oxygen atoms in total. The van der Waals surface area contributed by atoms with Crippen molar-refractivity contribution in [2.75, 3.05) is 13.1 Å². The van der Waals surface area contributed by atoms with E-state index >= 15 is 0 Å². The van der Waals surface area contributed by atoms with Crippen LogP contribution in [0.5, 0.6) is 0 Å². The molecule has 0 radical (unpaired) electrons. The van der Waals surface area contributed by atoms with E-state index in [0.717, 1.165) is 4.31 Å². The van der Waals surface area contributed by atoms with Gasteiger partial charge in [-0.1, -0.05) is 0 Å². The summed E-state index contributed by atoms with van der Waals surface area (Å²) in [5.74, 6) is 0. The van der Waals surface area contributed by atoms with Gasteiger partial charge in [0, 0.05) is 25.9 Å². The number of rotatable bonds is 5. The van der Waals surface area contributed by atoms with Gasteiger partial charge in [0.2, 0.25) is 0 Å². The Morgan fingerprint density at radius 2 is 1.54 bits per heavy atom. The lowest BCUT2D eigenvalue weighted by Crippen LogP contribution is -2.37. The molecule has 0 aromatic heterocycles. The van der Waals surface area contributed by atoms with Crippen molar-refractivity contribution >= 4 is 10.2 Å². The molecule has 0 aliphatic carbocycles. The van der Waals surface area contributed by atoms with Gasteiger partial charge in [0.05, 0.1) is 12.1 Å². The van der Waals surface area contributed by atoms with E-state index in [2.05, 4.69) is 0 Å². The summed E-state index contributed by atoms with van der Waals surface area (Å²) in [7, 11) is -3.78. The molecule has 0 atom stereocenters. The van der Waals surface area contributed by atoms with E-state index in [9.17, 15) is 8.42 Å². The standard InChI is InChI=1S/C6H10N4O2S/c7-3-1-5-10(6-2-4-8)13(9,11)12/h1-2,5-6H2,(H2,9,11,12). The van der Waals surface area contributed by atoms with Crippen LogP contribution in [0.3, 0.4) is 0 Å². The van der Waals surface area contributed by atoms with Crippen molar-refractivity contribution in [1.82, 2.24) is 4.31 Å². The van der Waals surface area contributed by atoms with Crippen LogP contribution in [0.1, 0.15) is 12.8 Å². The number of nitrogens with two attached hydrogens (primary N) is 1. The SMILES string of the molecule is N#CCCN(CCC#N)S(N)(=O)=O. The Labute approximate surface area is 77.3 Å². The van der Waals surface area contributed by atoms with Crippen LogP contribution in [-0.2, 0) is 10.2 Å². The molecule has 72 valence electrons. The van der Waals surface area contributed by atoms with E-state index in [1.807, 2.05) is 0 Å². The topological polar surface area (TPSA) is 111 Å². The zero-order valence-corrected chi connectivity index (χ0v) is 7.79. The summed E-state index contributed by atoms with van der Waals surface area (Å²) in [6.07, 6.45) is 0.143. The first kappa shape index (κ1) is 11.8. The maximum Gasteiger partial charge on any atom is 0.276 e. The summed E-state index contributed by atoms with van der Waals surface area (Å²) in [5.41, 5.74) is 0. The Morgan fingerprint density at radius 1 is 1.15 bits per heavy atom. The molecule has 0 amide bonds. The first-order chi connectivity index (χ1) is 6.02. The van der Waals surface area contributed by atoms with E-state index in [1.165, 1.54) is 0 Å². The van der Waals surface area contributed by atoms with E-state index < -0.39 is 10.2 Å². The van der Waals surface area contributed by atoms with Crippen LogP contribution in [0.25, 0.3) is 0 Å². The average molecular weight is 202 g/mol. The van der Waals surface area contributed by atoms with Crippen LogP contribution in [0, 0.1) is 22.7 Å². The quantitative estimate of drug-likeness (QED) is 0.636. The minimum absolute atomic E-state index is 0.0387. The molecular formula is C6H10N4O2S. The average Bonchev–Trinajstić information content (AvgIpc) is 2.02. The Bertz CT molecular complexity index is 306. The van der Waals surface area contributed by atoms with Crippen molar-refractivity contribution in [2.24, 2.45) is 5.14 Å². The fourth-order valence-corrected chi connectivity index (χ4v) is 1.41. The van der Waals surface area contributed by atoms with Crippen molar-refractivity contribution in [3.63, 3.8) is 0 Å². The van der Waals surface area contributed by atoms with Gasteiger partial charge in [-0.3, -0.25) is 0 Å². The summed E-state index contributed by atoms with van der Waals surface area (Å²) in [4.78, 5) is 0. The third-order valence-electron chi connectivity index (χ3n) is 1.31. The van der Waals surface area contributed by atoms with E-state index in [1.54, 1.807) is 12.1 Å². The maximum absolute atomic E-state index is 10.8. The molecule has 0 aliphatic heterocycles. The molecule has 0 bridgehead atoms. The molecule has 0 saturated carbocycles. The molecule has 0 heterocycles. The third kappa shape index (κ3) is 5.15. The highest BCUT2D eigenvalue weighted by atomic mass is 32.2. The lowest BCUT2D eigenvalue weighted by molar-refractivity contribution is 0.426. The smallest absolute Gasteiger partial charge is 0.216 e. The summed E-state index contributed by atoms with van der Waals surface area (Å²) >= 11 is 0. The van der Waals surface area contributed by atoms with Gasteiger partial charge < -0.3 is 0 Å². The van der Waals surface area contributed by atoms with Crippen LogP contribution in [0.15, 0.2) is 0 Å². The second kappa shape index (κ2) is 5.49. The van der Waals surface area contributed by atoms with Gasteiger partial charge in [-0.15, -0.1) is 0 Å². The van der Waals surface area contributed by atoms with Gasteiger partial charge in [0.25, 0.3) is 10.2 Å². The molecule has 0 aliphatic rings. The van der Waals surface area contributed by atoms with Crippen LogP contribution in [0.2, 0.25) is 0 Å². The normalized spacial score (nSPS) is 10.8. The predicted octanol–water partition coefficient (Wildman–Crippen LogP) is -0.681. The summed E-state index contributed by atoms with van der Waals surface area (Å²) in [6, 6.07) is 3.60. The molecule has 0 saturated heterocycles. The predicted molar refractivity (Wildman–Crippen MR) is 45.1 cm³/mol. The van der Waals surface area contributed by atoms with Crippen LogP contribution in [0.4, 0.5) is 0 Å². The van der Waals surface area contributed by atoms with Gasteiger partial charge in [-0.2, -0.15) is 23.2 Å². The number of hydrogen-bond acceptors (Lipinski definition) is 4. The van der Waals surface area contributed by atoms with Crippen LogP contribution in [-0.4, -0.2) is 25.8 Å². The molecule has 13 heavy (non-hydrogen) atoms. The molecule has 0 fully saturated rings. The lowest BCUT2D eigenvalue weighted by atomic mass is 10.4. The highest BCUT2D eigenvalue weighted by Crippen LogP contribution is 1.97. The molecular weight excluding hydrogens is 192 g/mol. The van der Waals surface area contributed by atoms with Gasteiger partial charge in [-0.05, 0) is 0 Å². The fraction of sp³-hybridized carbons (Fsp3) is 0.667. The van der Waals surface area contributed by atoms with Crippen molar-refractivity contribution < 1.29 is 8.42 Å². The fourth-order valence-electron chi connectivity index (χ4n) is 0.716. The van der Waals surface area contributed by atoms with Gasteiger partial charge in [0.1, 0.15) is 0 Å². The van der Waals surface area contributed by atoms with Crippen LogP contribution < -0.4 is 5.14 Å². The summed E-state index contributed by atoms with van der Waals surface area (Å²) < 4.78 is 22.6. The van der Waals surface area contributed by atoms with Gasteiger partial charge >= 0.3 is 0 Å². The molecule has 7 heteroatoms. The Hall–Kier alpha value is -1.15. The number of hydrogen-bond donors (Lipinski definition) is 1. The second-order valence-corrected chi connectivity index (χ2v) is 3.81. The highest BCUT2D eigenvalue weighted by molar-refractivity contribution is 7.86. The molecule has 0 aromatic rings. The van der Waals surface area contributed by atoms with Crippen molar-refractivity contribution in [3.05, 3.63) is 0 Å². The summed E-state index contributed by atoms with van der Waals surface area (Å²) in [6.45, 7) is 0.0774. The van der Waals surface area contributed by atoms with E-state index in [4.69, 9.17) is 15.7 Å². The molecule has 2 N–H and O–H groups in total. The third-order valence-corrected chi connectivity index (χ3v) is 2.39. The second-order valence-electron chi connectivity index (χ2n) is 2.26. The minimum atomic E-state index is -3.78. The highest BCUT2D eigenvalue weighted by Gasteiger charge is 2.15. The largest absolute Gasteiger partial charge is 0.276 e.